The summed E-state index contributed by atoms with van der Waals surface area (Å²) in [5.41, 5.74) is 5.52. The Labute approximate surface area is 82.1 Å². The molecule has 0 saturated carbocycles. The fraction of sp³-hybridized carbons (Fsp3) is 0.182. The van der Waals surface area contributed by atoms with Gasteiger partial charge in [-0.2, -0.15) is 0 Å². The zero-order valence-corrected chi connectivity index (χ0v) is 8.56. The Balaban J connectivity index is 2.53. The lowest BCUT2D eigenvalue weighted by atomic mass is 10.1. The molecule has 0 aliphatic carbocycles. The summed E-state index contributed by atoms with van der Waals surface area (Å²) in [6.07, 6.45) is 0. The monoisotopic (exact) mass is 189 g/mol. The molecule has 2 heteroatoms. The van der Waals surface area contributed by atoms with Gasteiger partial charge in [-0.1, -0.05) is 23.8 Å². The Bertz CT molecular complexity index is 418. The fourth-order valence-corrected chi connectivity index (χ4v) is 1.97. The second kappa shape index (κ2) is 3.30. The maximum atomic E-state index is 4.35. The molecule has 0 aliphatic heterocycles. The van der Waals surface area contributed by atoms with E-state index in [0.29, 0.717) is 0 Å². The molecular formula is C11H11NS. The van der Waals surface area contributed by atoms with Crippen LogP contribution in [-0.2, 0) is 0 Å². The van der Waals surface area contributed by atoms with Crippen molar-refractivity contribution in [3.8, 4) is 11.3 Å². The smallest absolute Gasteiger partial charge is 0.0840 e. The SMILES string of the molecule is Cc1cccc(-c2ncsc2C)c1. The minimum Gasteiger partial charge on any atom is -0.244 e. The first-order chi connectivity index (χ1) is 6.27. The van der Waals surface area contributed by atoms with E-state index in [4.69, 9.17) is 0 Å². The van der Waals surface area contributed by atoms with Crippen LogP contribution in [0.25, 0.3) is 11.3 Å². The first-order valence-corrected chi connectivity index (χ1v) is 5.12. The number of rotatable bonds is 1. The molecule has 66 valence electrons. The molecule has 0 atom stereocenters. The van der Waals surface area contributed by atoms with Crippen molar-refractivity contribution in [2.45, 2.75) is 13.8 Å². The number of hydrogen-bond donors (Lipinski definition) is 0. The van der Waals surface area contributed by atoms with Gasteiger partial charge >= 0.3 is 0 Å². The van der Waals surface area contributed by atoms with Crippen LogP contribution in [0.1, 0.15) is 10.4 Å². The third-order valence-electron chi connectivity index (χ3n) is 2.04. The van der Waals surface area contributed by atoms with Gasteiger partial charge in [-0.25, -0.2) is 4.98 Å². The van der Waals surface area contributed by atoms with Crippen LogP contribution in [0.4, 0.5) is 0 Å². The van der Waals surface area contributed by atoms with Crippen molar-refractivity contribution in [1.82, 2.24) is 4.98 Å². The summed E-state index contributed by atoms with van der Waals surface area (Å²) < 4.78 is 0. The van der Waals surface area contributed by atoms with Crippen LogP contribution in [0.15, 0.2) is 29.8 Å². The number of benzene rings is 1. The van der Waals surface area contributed by atoms with Crippen LogP contribution in [-0.4, -0.2) is 4.98 Å². The zero-order chi connectivity index (χ0) is 9.26. The summed E-state index contributed by atoms with van der Waals surface area (Å²) in [6.45, 7) is 4.21. The molecule has 0 fully saturated rings. The van der Waals surface area contributed by atoms with E-state index in [2.05, 4.69) is 43.1 Å². The van der Waals surface area contributed by atoms with Gasteiger partial charge in [0.15, 0.2) is 0 Å². The lowest BCUT2D eigenvalue weighted by molar-refractivity contribution is 1.36. The minimum atomic E-state index is 1.12. The Morgan fingerprint density at radius 2 is 2.08 bits per heavy atom. The van der Waals surface area contributed by atoms with Crippen molar-refractivity contribution in [3.63, 3.8) is 0 Å². The van der Waals surface area contributed by atoms with E-state index in [1.807, 2.05) is 5.51 Å². The van der Waals surface area contributed by atoms with E-state index >= 15 is 0 Å². The molecule has 13 heavy (non-hydrogen) atoms. The molecular weight excluding hydrogens is 178 g/mol. The Morgan fingerprint density at radius 1 is 1.23 bits per heavy atom. The van der Waals surface area contributed by atoms with E-state index in [1.165, 1.54) is 16.0 Å². The molecule has 0 spiro atoms. The first kappa shape index (κ1) is 8.45. The highest BCUT2D eigenvalue weighted by Gasteiger charge is 2.03. The van der Waals surface area contributed by atoms with Crippen molar-refractivity contribution in [2.24, 2.45) is 0 Å². The van der Waals surface area contributed by atoms with Gasteiger partial charge in [-0.05, 0) is 19.9 Å². The maximum absolute atomic E-state index is 4.35. The van der Waals surface area contributed by atoms with Crippen LogP contribution in [0.3, 0.4) is 0 Å². The number of aromatic nitrogens is 1. The average Bonchev–Trinajstić information content (AvgIpc) is 2.51. The second-order valence-electron chi connectivity index (χ2n) is 3.13. The second-order valence-corrected chi connectivity index (χ2v) is 4.19. The molecule has 0 unspecified atom stereocenters. The van der Waals surface area contributed by atoms with E-state index in [1.54, 1.807) is 11.3 Å². The number of aryl methyl sites for hydroxylation is 2. The van der Waals surface area contributed by atoms with E-state index < -0.39 is 0 Å². The Hall–Kier alpha value is -1.15. The van der Waals surface area contributed by atoms with Crippen molar-refractivity contribution in [1.29, 1.82) is 0 Å². The summed E-state index contributed by atoms with van der Waals surface area (Å²) in [7, 11) is 0. The topological polar surface area (TPSA) is 12.9 Å². The summed E-state index contributed by atoms with van der Waals surface area (Å²) in [5, 5.41) is 0. The third-order valence-corrected chi connectivity index (χ3v) is 2.79. The molecule has 0 amide bonds. The van der Waals surface area contributed by atoms with Gasteiger partial charge in [0.05, 0.1) is 11.2 Å². The van der Waals surface area contributed by atoms with Crippen molar-refractivity contribution >= 4 is 11.3 Å². The molecule has 1 nitrogen and oxygen atoms in total. The predicted octanol–water partition coefficient (Wildman–Crippen LogP) is 3.43. The predicted molar refractivity (Wildman–Crippen MR) is 57.0 cm³/mol. The van der Waals surface area contributed by atoms with Crippen LogP contribution >= 0.6 is 11.3 Å². The molecule has 0 N–H and O–H groups in total. The van der Waals surface area contributed by atoms with Gasteiger partial charge in [0.1, 0.15) is 0 Å². The standard InChI is InChI=1S/C11H11NS/c1-8-4-3-5-10(6-8)11-9(2)13-7-12-11/h3-7H,1-2H3. The van der Waals surface area contributed by atoms with E-state index in [0.717, 1.165) is 5.69 Å². The molecule has 0 saturated heterocycles. The minimum absolute atomic E-state index is 1.12. The van der Waals surface area contributed by atoms with Crippen LogP contribution < -0.4 is 0 Å². The van der Waals surface area contributed by atoms with Gasteiger partial charge in [0, 0.05) is 10.4 Å². The van der Waals surface area contributed by atoms with Crippen molar-refractivity contribution in [3.05, 3.63) is 40.2 Å². The highest BCUT2D eigenvalue weighted by molar-refractivity contribution is 7.10. The average molecular weight is 189 g/mol. The van der Waals surface area contributed by atoms with Crippen LogP contribution in [0, 0.1) is 13.8 Å². The van der Waals surface area contributed by atoms with Gasteiger partial charge in [0.2, 0.25) is 0 Å². The summed E-state index contributed by atoms with van der Waals surface area (Å²) >= 11 is 1.69. The zero-order valence-electron chi connectivity index (χ0n) is 7.74. The normalized spacial score (nSPS) is 10.3. The lowest BCUT2D eigenvalue weighted by Crippen LogP contribution is -1.80. The molecule has 2 rings (SSSR count). The fourth-order valence-electron chi connectivity index (χ4n) is 1.37. The number of thiazole rings is 1. The molecule has 1 aromatic carbocycles. The van der Waals surface area contributed by atoms with Crippen LogP contribution in [0.2, 0.25) is 0 Å². The van der Waals surface area contributed by atoms with Gasteiger partial charge in [-0.3, -0.25) is 0 Å². The largest absolute Gasteiger partial charge is 0.244 e. The molecule has 0 bridgehead atoms. The van der Waals surface area contributed by atoms with Crippen molar-refractivity contribution < 1.29 is 0 Å². The maximum Gasteiger partial charge on any atom is 0.0840 e. The molecule has 1 aromatic heterocycles. The molecule has 2 aromatic rings. The van der Waals surface area contributed by atoms with Gasteiger partial charge in [-0.15, -0.1) is 11.3 Å². The Kier molecular flexibility index (Phi) is 2.15. The van der Waals surface area contributed by atoms with Gasteiger partial charge in [0.25, 0.3) is 0 Å². The van der Waals surface area contributed by atoms with E-state index in [9.17, 15) is 0 Å². The summed E-state index contributed by atoms with van der Waals surface area (Å²) in [5.74, 6) is 0. The van der Waals surface area contributed by atoms with Crippen LogP contribution in [0.5, 0.6) is 0 Å². The van der Waals surface area contributed by atoms with E-state index in [-0.39, 0.29) is 0 Å². The molecule has 0 radical (unpaired) electrons. The number of hydrogen-bond acceptors (Lipinski definition) is 2. The number of nitrogens with zero attached hydrogens (tertiary/aromatic N) is 1. The first-order valence-electron chi connectivity index (χ1n) is 4.24. The molecule has 1 heterocycles. The van der Waals surface area contributed by atoms with Gasteiger partial charge < -0.3 is 0 Å². The highest BCUT2D eigenvalue weighted by atomic mass is 32.1. The quantitative estimate of drug-likeness (QED) is 0.669. The molecule has 0 aliphatic rings. The lowest BCUT2D eigenvalue weighted by Gasteiger charge is -1.99. The third kappa shape index (κ3) is 1.63. The Morgan fingerprint density at radius 3 is 2.69 bits per heavy atom. The van der Waals surface area contributed by atoms with Crippen molar-refractivity contribution in [2.75, 3.05) is 0 Å². The summed E-state index contributed by atoms with van der Waals surface area (Å²) in [4.78, 5) is 5.63. The highest BCUT2D eigenvalue weighted by Crippen LogP contribution is 2.24. The summed E-state index contributed by atoms with van der Waals surface area (Å²) in [6, 6.07) is 8.45.